The van der Waals surface area contributed by atoms with Gasteiger partial charge in [0.1, 0.15) is 0 Å². The van der Waals surface area contributed by atoms with Crippen LogP contribution in [-0.4, -0.2) is 13.1 Å². The third kappa shape index (κ3) is 4.76. The van der Waals surface area contributed by atoms with Crippen LogP contribution in [0.3, 0.4) is 0 Å². The van der Waals surface area contributed by atoms with E-state index in [-0.39, 0.29) is 0 Å². The van der Waals surface area contributed by atoms with E-state index in [2.05, 4.69) is 71.2 Å². The molecule has 0 fully saturated rings. The Morgan fingerprint density at radius 1 is 1.15 bits per heavy atom. The summed E-state index contributed by atoms with van der Waals surface area (Å²) in [4.78, 5) is 0. The molecule has 0 aliphatic carbocycles. The zero-order chi connectivity index (χ0) is 14.4. The Balaban J connectivity index is 2.16. The Labute approximate surface area is 139 Å². The van der Waals surface area contributed by atoms with Crippen molar-refractivity contribution in [1.82, 2.24) is 5.32 Å². The van der Waals surface area contributed by atoms with Crippen LogP contribution in [0.4, 0.5) is 0 Å². The maximum Gasteiger partial charge on any atom is 0.0408 e. The molecular weight excluding hydrogens is 381 g/mol. The van der Waals surface area contributed by atoms with Gasteiger partial charge in [-0.05, 0) is 70.9 Å². The monoisotopic (exact) mass is 399 g/mol. The lowest BCUT2D eigenvalue weighted by atomic mass is 9.92. The van der Waals surface area contributed by atoms with Crippen LogP contribution in [0.25, 0.3) is 0 Å². The fraction of sp³-hybridized carbons (Fsp3) is 0.294. The highest BCUT2D eigenvalue weighted by atomic mass is 127. The van der Waals surface area contributed by atoms with Gasteiger partial charge in [-0.2, -0.15) is 0 Å². The van der Waals surface area contributed by atoms with Gasteiger partial charge in [-0.1, -0.05) is 42.8 Å². The van der Waals surface area contributed by atoms with Crippen molar-refractivity contribution in [3.63, 3.8) is 0 Å². The minimum absolute atomic E-state index is 0.453. The van der Waals surface area contributed by atoms with Gasteiger partial charge in [-0.3, -0.25) is 0 Å². The molecule has 0 heterocycles. The van der Waals surface area contributed by atoms with Crippen molar-refractivity contribution in [1.29, 1.82) is 0 Å². The Kier molecular flexibility index (Phi) is 6.33. The van der Waals surface area contributed by atoms with Crippen LogP contribution in [-0.2, 0) is 6.42 Å². The highest BCUT2D eigenvalue weighted by Gasteiger charge is 2.12. The first-order chi connectivity index (χ1) is 9.69. The van der Waals surface area contributed by atoms with Gasteiger partial charge in [0.25, 0.3) is 0 Å². The van der Waals surface area contributed by atoms with Crippen molar-refractivity contribution in [3.05, 3.63) is 68.3 Å². The van der Waals surface area contributed by atoms with E-state index in [9.17, 15) is 0 Å². The van der Waals surface area contributed by atoms with Crippen LogP contribution < -0.4 is 5.32 Å². The third-order valence-corrected chi connectivity index (χ3v) is 4.31. The van der Waals surface area contributed by atoms with Crippen LogP contribution in [0.15, 0.2) is 48.5 Å². The lowest BCUT2D eigenvalue weighted by Gasteiger charge is -2.18. The molecule has 0 amide bonds. The molecule has 0 spiro atoms. The normalized spacial score (nSPS) is 12.3. The number of likely N-dealkylation sites (N-methyl/N-ethyl adjacent to an activating group) is 1. The van der Waals surface area contributed by atoms with Crippen molar-refractivity contribution in [2.24, 2.45) is 0 Å². The second-order valence-corrected chi connectivity index (χ2v) is 6.57. The number of benzene rings is 2. The summed E-state index contributed by atoms with van der Waals surface area (Å²) in [7, 11) is 0. The Bertz CT molecular complexity index is 539. The van der Waals surface area contributed by atoms with Gasteiger partial charge < -0.3 is 5.32 Å². The Morgan fingerprint density at radius 2 is 1.90 bits per heavy atom. The van der Waals surface area contributed by atoms with E-state index in [1.165, 1.54) is 14.7 Å². The number of rotatable bonds is 6. The molecule has 0 radical (unpaired) electrons. The van der Waals surface area contributed by atoms with Crippen LogP contribution >= 0.6 is 34.2 Å². The maximum atomic E-state index is 6.13. The molecule has 2 rings (SSSR count). The van der Waals surface area contributed by atoms with E-state index in [1.807, 2.05) is 12.1 Å². The molecule has 20 heavy (non-hydrogen) atoms. The van der Waals surface area contributed by atoms with E-state index in [4.69, 9.17) is 11.6 Å². The second-order valence-electron chi connectivity index (χ2n) is 4.89. The fourth-order valence-electron chi connectivity index (χ4n) is 2.29. The average molecular weight is 400 g/mol. The predicted molar refractivity (Wildman–Crippen MR) is 95.6 cm³/mol. The standard InChI is InChI=1S/C17H19ClIN/c1-2-20-12-15(14-4-3-5-16(18)11-14)10-13-6-8-17(19)9-7-13/h3-9,11,15,20H,2,10,12H2,1H3. The van der Waals surface area contributed by atoms with Crippen molar-refractivity contribution in [2.45, 2.75) is 19.3 Å². The first-order valence-corrected chi connectivity index (χ1v) is 8.35. The second kappa shape index (κ2) is 8.01. The topological polar surface area (TPSA) is 12.0 Å². The highest BCUT2D eigenvalue weighted by molar-refractivity contribution is 14.1. The largest absolute Gasteiger partial charge is 0.316 e. The molecule has 106 valence electrons. The van der Waals surface area contributed by atoms with Crippen LogP contribution in [0.5, 0.6) is 0 Å². The van der Waals surface area contributed by atoms with E-state index in [1.54, 1.807) is 0 Å². The molecule has 1 nitrogen and oxygen atoms in total. The van der Waals surface area contributed by atoms with Gasteiger partial charge in [-0.25, -0.2) is 0 Å². The number of hydrogen-bond acceptors (Lipinski definition) is 1. The van der Waals surface area contributed by atoms with E-state index < -0.39 is 0 Å². The Morgan fingerprint density at radius 3 is 2.55 bits per heavy atom. The summed E-state index contributed by atoms with van der Waals surface area (Å²) in [5.41, 5.74) is 2.67. The Hall–Kier alpha value is -0.580. The first-order valence-electron chi connectivity index (χ1n) is 6.89. The lowest BCUT2D eigenvalue weighted by molar-refractivity contribution is 0.595. The summed E-state index contributed by atoms with van der Waals surface area (Å²) in [5, 5.41) is 4.27. The summed E-state index contributed by atoms with van der Waals surface area (Å²) in [6.45, 7) is 4.10. The molecule has 0 saturated carbocycles. The molecule has 1 unspecified atom stereocenters. The van der Waals surface area contributed by atoms with Crippen molar-refractivity contribution in [3.8, 4) is 0 Å². The number of nitrogens with one attached hydrogen (secondary N) is 1. The molecule has 1 N–H and O–H groups in total. The van der Waals surface area contributed by atoms with Gasteiger partial charge in [0.15, 0.2) is 0 Å². The quantitative estimate of drug-likeness (QED) is 0.683. The summed E-state index contributed by atoms with van der Waals surface area (Å²) in [6.07, 6.45) is 1.03. The average Bonchev–Trinajstić information content (AvgIpc) is 2.45. The predicted octanol–water partition coefficient (Wildman–Crippen LogP) is 4.88. The molecule has 0 aliphatic rings. The summed E-state index contributed by atoms with van der Waals surface area (Å²) < 4.78 is 1.28. The molecule has 3 heteroatoms. The van der Waals surface area contributed by atoms with E-state index in [0.29, 0.717) is 5.92 Å². The van der Waals surface area contributed by atoms with Gasteiger partial charge in [0.2, 0.25) is 0 Å². The molecule has 0 aromatic heterocycles. The molecule has 1 atom stereocenters. The molecule has 0 aliphatic heterocycles. The van der Waals surface area contributed by atoms with Crippen LogP contribution in [0.1, 0.15) is 24.0 Å². The molecule has 0 saturated heterocycles. The summed E-state index contributed by atoms with van der Waals surface area (Å²) in [6, 6.07) is 17.0. The van der Waals surface area contributed by atoms with Crippen LogP contribution in [0, 0.1) is 3.57 Å². The van der Waals surface area contributed by atoms with Crippen molar-refractivity contribution < 1.29 is 0 Å². The lowest BCUT2D eigenvalue weighted by Crippen LogP contribution is -2.22. The maximum absolute atomic E-state index is 6.13. The summed E-state index contributed by atoms with van der Waals surface area (Å²) >= 11 is 8.46. The summed E-state index contributed by atoms with van der Waals surface area (Å²) in [5.74, 6) is 0.453. The third-order valence-electron chi connectivity index (χ3n) is 3.36. The zero-order valence-electron chi connectivity index (χ0n) is 11.6. The van der Waals surface area contributed by atoms with Crippen molar-refractivity contribution >= 4 is 34.2 Å². The molecule has 2 aromatic rings. The van der Waals surface area contributed by atoms with E-state index >= 15 is 0 Å². The zero-order valence-corrected chi connectivity index (χ0v) is 14.5. The van der Waals surface area contributed by atoms with E-state index in [0.717, 1.165) is 24.5 Å². The van der Waals surface area contributed by atoms with Crippen LogP contribution in [0.2, 0.25) is 5.02 Å². The first kappa shape index (κ1) is 15.8. The van der Waals surface area contributed by atoms with Crippen molar-refractivity contribution in [2.75, 3.05) is 13.1 Å². The van der Waals surface area contributed by atoms with Gasteiger partial charge >= 0.3 is 0 Å². The van der Waals surface area contributed by atoms with Gasteiger partial charge in [0, 0.05) is 21.1 Å². The van der Waals surface area contributed by atoms with Gasteiger partial charge in [-0.15, -0.1) is 0 Å². The molecular formula is C17H19ClIN. The molecule has 2 aromatic carbocycles. The highest BCUT2D eigenvalue weighted by Crippen LogP contribution is 2.23. The minimum Gasteiger partial charge on any atom is -0.316 e. The molecule has 0 bridgehead atoms. The fourth-order valence-corrected chi connectivity index (χ4v) is 2.85. The number of hydrogen-bond donors (Lipinski definition) is 1. The number of halogens is 2. The SMILES string of the molecule is CCNCC(Cc1ccc(I)cc1)c1cccc(Cl)c1. The van der Waals surface area contributed by atoms with Gasteiger partial charge in [0.05, 0.1) is 0 Å². The smallest absolute Gasteiger partial charge is 0.0408 e. The minimum atomic E-state index is 0.453.